The Morgan fingerprint density at radius 3 is 2.54 bits per heavy atom. The molecule has 1 aliphatic heterocycles. The number of carboxylic acid groups (broad SMARTS) is 1. The predicted octanol–water partition coefficient (Wildman–Crippen LogP) is 2.89. The van der Waals surface area contributed by atoms with E-state index in [4.69, 9.17) is 9.47 Å². The van der Waals surface area contributed by atoms with Crippen molar-refractivity contribution in [2.24, 2.45) is 4.99 Å². The number of nitrogens with zero attached hydrogens (tertiary/aromatic N) is 1. The van der Waals surface area contributed by atoms with Gasteiger partial charge < -0.3 is 19.9 Å². The van der Waals surface area contributed by atoms with Gasteiger partial charge in [0.2, 0.25) is 5.90 Å². The molecule has 7 heteroatoms. The van der Waals surface area contributed by atoms with E-state index >= 15 is 0 Å². The quantitative estimate of drug-likeness (QED) is 0.841. The zero-order chi connectivity index (χ0) is 18.6. The van der Waals surface area contributed by atoms with Crippen LogP contribution in [0.4, 0.5) is 4.79 Å². The molecule has 7 nitrogen and oxygen atoms in total. The van der Waals surface area contributed by atoms with Crippen LogP contribution in [0.3, 0.4) is 0 Å². The predicted molar refractivity (Wildman–Crippen MR) is 95.0 cm³/mol. The SMILES string of the molecule is CC1(C(=O)O)COC(C2(NC(=O)OCc3ccccc3)CCCCC2)=N1. The third-order valence-corrected chi connectivity index (χ3v) is 4.97. The van der Waals surface area contributed by atoms with Gasteiger partial charge in [-0.25, -0.2) is 14.6 Å². The Morgan fingerprint density at radius 1 is 1.23 bits per heavy atom. The van der Waals surface area contributed by atoms with E-state index in [1.807, 2.05) is 30.3 Å². The number of aliphatic carboxylic acids is 1. The molecule has 1 aromatic carbocycles. The second-order valence-electron chi connectivity index (χ2n) is 7.11. The van der Waals surface area contributed by atoms with E-state index in [0.29, 0.717) is 18.7 Å². The number of hydrogen-bond acceptors (Lipinski definition) is 5. The molecule has 0 spiro atoms. The molecule has 140 valence electrons. The van der Waals surface area contributed by atoms with Crippen LogP contribution in [0, 0.1) is 0 Å². The summed E-state index contributed by atoms with van der Waals surface area (Å²) in [6.45, 7) is 1.66. The van der Waals surface area contributed by atoms with Gasteiger partial charge in [0.25, 0.3) is 0 Å². The first-order chi connectivity index (χ1) is 12.4. The monoisotopic (exact) mass is 360 g/mol. The van der Waals surface area contributed by atoms with Gasteiger partial charge >= 0.3 is 12.1 Å². The molecule has 2 aliphatic rings. The summed E-state index contributed by atoms with van der Waals surface area (Å²) in [5.74, 6) is -0.733. The normalized spacial score (nSPS) is 24.3. The molecule has 1 amide bonds. The number of hydrogen-bond donors (Lipinski definition) is 2. The molecule has 0 bridgehead atoms. The van der Waals surface area contributed by atoms with Crippen LogP contribution in [0.5, 0.6) is 0 Å². The molecule has 1 atom stereocenters. The van der Waals surface area contributed by atoms with Gasteiger partial charge in [0.05, 0.1) is 0 Å². The maximum atomic E-state index is 12.4. The first kappa shape index (κ1) is 18.2. The van der Waals surface area contributed by atoms with E-state index < -0.39 is 23.1 Å². The van der Waals surface area contributed by atoms with Crippen molar-refractivity contribution in [3.63, 3.8) is 0 Å². The standard InChI is InChI=1S/C19H24N2O5/c1-18(16(22)23)13-26-15(20-18)19(10-6-3-7-11-19)21-17(24)25-12-14-8-4-2-5-9-14/h2,4-5,8-9H,3,6-7,10-13H2,1H3,(H,21,24)(H,22,23). The second kappa shape index (κ2) is 7.35. The highest BCUT2D eigenvalue weighted by atomic mass is 16.5. The Morgan fingerprint density at radius 2 is 1.92 bits per heavy atom. The first-order valence-electron chi connectivity index (χ1n) is 8.89. The minimum absolute atomic E-state index is 0.0276. The average Bonchev–Trinajstić information content (AvgIpc) is 3.06. The number of ether oxygens (including phenoxy) is 2. The van der Waals surface area contributed by atoms with Crippen molar-refractivity contribution >= 4 is 18.0 Å². The van der Waals surface area contributed by atoms with Crippen LogP contribution >= 0.6 is 0 Å². The highest BCUT2D eigenvalue weighted by molar-refractivity contribution is 5.95. The summed E-state index contributed by atoms with van der Waals surface area (Å²) in [6.07, 6.45) is 3.64. The zero-order valence-corrected chi connectivity index (χ0v) is 14.9. The second-order valence-corrected chi connectivity index (χ2v) is 7.11. The zero-order valence-electron chi connectivity index (χ0n) is 14.9. The third kappa shape index (κ3) is 3.81. The van der Waals surface area contributed by atoms with Crippen molar-refractivity contribution in [1.82, 2.24) is 5.32 Å². The molecule has 1 aliphatic carbocycles. The van der Waals surface area contributed by atoms with E-state index in [1.54, 1.807) is 0 Å². The number of carbonyl (C=O) groups is 2. The molecule has 1 heterocycles. The van der Waals surface area contributed by atoms with Crippen molar-refractivity contribution in [2.75, 3.05) is 6.61 Å². The Balaban J connectivity index is 1.72. The fourth-order valence-electron chi connectivity index (χ4n) is 3.35. The number of nitrogens with one attached hydrogen (secondary N) is 1. The molecule has 1 unspecified atom stereocenters. The van der Waals surface area contributed by atoms with Crippen molar-refractivity contribution in [3.05, 3.63) is 35.9 Å². The first-order valence-corrected chi connectivity index (χ1v) is 8.89. The minimum atomic E-state index is -1.31. The molecule has 0 aromatic heterocycles. The number of benzene rings is 1. The van der Waals surface area contributed by atoms with Gasteiger partial charge in [-0.1, -0.05) is 49.6 Å². The van der Waals surface area contributed by atoms with E-state index in [2.05, 4.69) is 10.3 Å². The Labute approximate surface area is 152 Å². The van der Waals surface area contributed by atoms with Gasteiger partial charge in [-0.05, 0) is 25.3 Å². The summed E-state index contributed by atoms with van der Waals surface area (Å²) < 4.78 is 11.0. The van der Waals surface area contributed by atoms with Crippen LogP contribution in [0.15, 0.2) is 35.3 Å². The van der Waals surface area contributed by atoms with Gasteiger partial charge in [-0.2, -0.15) is 0 Å². The van der Waals surface area contributed by atoms with Crippen LogP contribution in [0.1, 0.15) is 44.6 Å². The summed E-state index contributed by atoms with van der Waals surface area (Å²) in [4.78, 5) is 28.1. The molecule has 2 N–H and O–H groups in total. The van der Waals surface area contributed by atoms with Crippen molar-refractivity contribution < 1.29 is 24.2 Å². The van der Waals surface area contributed by atoms with Crippen LogP contribution in [-0.2, 0) is 20.9 Å². The summed E-state index contributed by atoms with van der Waals surface area (Å²) in [6, 6.07) is 9.42. The number of alkyl carbamates (subject to hydrolysis) is 1. The molecular weight excluding hydrogens is 336 g/mol. The Hall–Kier alpha value is -2.57. The topological polar surface area (TPSA) is 97.2 Å². The lowest BCUT2D eigenvalue weighted by Gasteiger charge is -2.36. The summed E-state index contributed by atoms with van der Waals surface area (Å²) >= 11 is 0. The Bertz CT molecular complexity index is 697. The van der Waals surface area contributed by atoms with Crippen molar-refractivity contribution in [3.8, 4) is 0 Å². The molecule has 0 radical (unpaired) electrons. The van der Waals surface area contributed by atoms with Crippen LogP contribution in [-0.4, -0.2) is 40.8 Å². The van der Waals surface area contributed by atoms with Crippen LogP contribution < -0.4 is 5.32 Å². The summed E-state index contributed by atoms with van der Waals surface area (Å²) in [5.41, 5.74) is -1.21. The van der Waals surface area contributed by atoms with Crippen molar-refractivity contribution in [2.45, 2.75) is 56.7 Å². The van der Waals surface area contributed by atoms with Crippen LogP contribution in [0.25, 0.3) is 0 Å². The lowest BCUT2D eigenvalue weighted by Crippen LogP contribution is -2.55. The van der Waals surface area contributed by atoms with Gasteiger partial charge in [0.15, 0.2) is 5.54 Å². The number of aliphatic imine (C=N–C) groups is 1. The smallest absolute Gasteiger partial charge is 0.408 e. The van der Waals surface area contributed by atoms with E-state index in [1.165, 1.54) is 6.92 Å². The number of amides is 1. The minimum Gasteiger partial charge on any atom is -0.479 e. The summed E-state index contributed by atoms with van der Waals surface area (Å²) in [5, 5.41) is 12.3. The number of carboxylic acids is 1. The molecule has 0 saturated heterocycles. The van der Waals surface area contributed by atoms with Crippen LogP contribution in [0.2, 0.25) is 0 Å². The summed E-state index contributed by atoms with van der Waals surface area (Å²) in [7, 11) is 0. The fraction of sp³-hybridized carbons (Fsp3) is 0.526. The number of rotatable bonds is 5. The Kier molecular flexibility index (Phi) is 5.15. The lowest BCUT2D eigenvalue weighted by atomic mass is 9.81. The molecular formula is C19H24N2O5. The van der Waals surface area contributed by atoms with Gasteiger partial charge in [-0.15, -0.1) is 0 Å². The molecule has 1 saturated carbocycles. The number of carbonyl (C=O) groups excluding carboxylic acids is 1. The van der Waals surface area contributed by atoms with Gasteiger partial charge in [-0.3, -0.25) is 0 Å². The maximum Gasteiger partial charge on any atom is 0.408 e. The lowest BCUT2D eigenvalue weighted by molar-refractivity contribution is -0.142. The third-order valence-electron chi connectivity index (χ3n) is 4.97. The molecule has 1 aromatic rings. The van der Waals surface area contributed by atoms with E-state index in [0.717, 1.165) is 24.8 Å². The molecule has 3 rings (SSSR count). The largest absolute Gasteiger partial charge is 0.479 e. The highest BCUT2D eigenvalue weighted by Crippen LogP contribution is 2.34. The van der Waals surface area contributed by atoms with E-state index in [9.17, 15) is 14.7 Å². The molecule has 1 fully saturated rings. The van der Waals surface area contributed by atoms with Gasteiger partial charge in [0, 0.05) is 0 Å². The average molecular weight is 360 g/mol. The van der Waals surface area contributed by atoms with E-state index in [-0.39, 0.29) is 13.2 Å². The fourth-order valence-corrected chi connectivity index (χ4v) is 3.35. The molecule has 26 heavy (non-hydrogen) atoms. The van der Waals surface area contributed by atoms with Gasteiger partial charge in [0.1, 0.15) is 18.8 Å². The highest BCUT2D eigenvalue weighted by Gasteiger charge is 2.48. The van der Waals surface area contributed by atoms with Crippen molar-refractivity contribution in [1.29, 1.82) is 0 Å². The maximum absolute atomic E-state index is 12.4.